The minimum atomic E-state index is 0.269. The maximum absolute atomic E-state index is 11.8. The van der Waals surface area contributed by atoms with Gasteiger partial charge in [-0.05, 0) is 25.2 Å². The van der Waals surface area contributed by atoms with E-state index in [1.165, 1.54) is 4.88 Å². The second kappa shape index (κ2) is 4.99. The van der Waals surface area contributed by atoms with Crippen LogP contribution in [-0.4, -0.2) is 16.8 Å². The van der Waals surface area contributed by atoms with E-state index in [4.69, 9.17) is 0 Å². The van der Waals surface area contributed by atoms with Crippen LogP contribution in [0.4, 0.5) is 0 Å². The number of thioether (sulfide) groups is 1. The number of ketones is 1. The van der Waals surface area contributed by atoms with Crippen LogP contribution in [-0.2, 0) is 0 Å². The average Bonchev–Trinajstić information content (AvgIpc) is 2.41. The van der Waals surface area contributed by atoms with Crippen LogP contribution in [0.15, 0.2) is 6.07 Å². The van der Waals surface area contributed by atoms with Gasteiger partial charge >= 0.3 is 0 Å². The minimum absolute atomic E-state index is 0.269. The van der Waals surface area contributed by atoms with Crippen molar-refractivity contribution in [2.75, 3.05) is 5.75 Å². The van der Waals surface area contributed by atoms with Crippen LogP contribution < -0.4 is 0 Å². The molecule has 0 saturated carbocycles. The second-order valence-electron chi connectivity index (χ2n) is 3.61. The molecule has 3 heteroatoms. The van der Waals surface area contributed by atoms with E-state index in [-0.39, 0.29) is 5.78 Å². The van der Waals surface area contributed by atoms with Gasteiger partial charge in [0.25, 0.3) is 0 Å². The van der Waals surface area contributed by atoms with Crippen molar-refractivity contribution in [2.45, 2.75) is 32.9 Å². The van der Waals surface area contributed by atoms with Gasteiger partial charge in [0, 0.05) is 15.3 Å². The lowest BCUT2D eigenvalue weighted by Gasteiger charge is -2.03. The molecule has 0 N–H and O–H groups in total. The Morgan fingerprint density at radius 2 is 2.14 bits per heavy atom. The zero-order valence-corrected chi connectivity index (χ0v) is 10.7. The standard InChI is InChI=1S/C11H16OS2/c1-7(2)13-6-11(12)10-5-8(3)14-9(10)4/h5,7H,6H2,1-4H3. The molecule has 1 rings (SSSR count). The van der Waals surface area contributed by atoms with Crippen molar-refractivity contribution in [3.8, 4) is 0 Å². The van der Waals surface area contributed by atoms with Crippen molar-refractivity contribution in [3.63, 3.8) is 0 Å². The topological polar surface area (TPSA) is 17.1 Å². The molecule has 1 aromatic heterocycles. The quantitative estimate of drug-likeness (QED) is 0.731. The number of Topliss-reactive ketones (excluding diaryl/α,β-unsaturated/α-hetero) is 1. The predicted molar refractivity (Wildman–Crippen MR) is 65.7 cm³/mol. The Bertz CT molecular complexity index is 326. The minimum Gasteiger partial charge on any atom is -0.293 e. The van der Waals surface area contributed by atoms with E-state index >= 15 is 0 Å². The molecule has 0 fully saturated rings. The Kier molecular flexibility index (Phi) is 4.20. The summed E-state index contributed by atoms with van der Waals surface area (Å²) in [4.78, 5) is 14.1. The van der Waals surface area contributed by atoms with Crippen molar-refractivity contribution in [2.24, 2.45) is 0 Å². The number of hydrogen-bond acceptors (Lipinski definition) is 3. The SMILES string of the molecule is Cc1cc(C(=O)CSC(C)C)c(C)s1. The zero-order chi connectivity index (χ0) is 10.7. The molecule has 0 saturated heterocycles. The molecule has 0 atom stereocenters. The van der Waals surface area contributed by atoms with Crippen LogP contribution in [0.25, 0.3) is 0 Å². The van der Waals surface area contributed by atoms with E-state index in [9.17, 15) is 4.79 Å². The molecule has 0 spiro atoms. The van der Waals surface area contributed by atoms with E-state index in [0.717, 1.165) is 10.4 Å². The van der Waals surface area contributed by atoms with E-state index in [1.54, 1.807) is 23.1 Å². The molecule has 1 heterocycles. The molecule has 1 nitrogen and oxygen atoms in total. The Hall–Kier alpha value is -0.280. The number of carbonyl (C=O) groups excluding carboxylic acids is 1. The maximum atomic E-state index is 11.8. The summed E-state index contributed by atoms with van der Waals surface area (Å²) in [5.41, 5.74) is 0.917. The van der Waals surface area contributed by atoms with Gasteiger partial charge in [-0.2, -0.15) is 11.8 Å². The Balaban J connectivity index is 2.65. The van der Waals surface area contributed by atoms with Crippen LogP contribution in [0.2, 0.25) is 0 Å². The first-order valence-corrected chi connectivity index (χ1v) is 6.59. The van der Waals surface area contributed by atoms with Gasteiger partial charge < -0.3 is 0 Å². The molecule has 0 aromatic carbocycles. The molecule has 0 unspecified atom stereocenters. The lowest BCUT2D eigenvalue weighted by atomic mass is 10.2. The summed E-state index contributed by atoms with van der Waals surface area (Å²) in [7, 11) is 0. The lowest BCUT2D eigenvalue weighted by molar-refractivity contribution is 0.102. The third-order valence-electron chi connectivity index (χ3n) is 1.89. The highest BCUT2D eigenvalue weighted by Gasteiger charge is 2.12. The number of aryl methyl sites for hydroxylation is 2. The molecule has 0 aliphatic carbocycles. The number of hydrogen-bond donors (Lipinski definition) is 0. The highest BCUT2D eigenvalue weighted by molar-refractivity contribution is 8.00. The van der Waals surface area contributed by atoms with Gasteiger partial charge in [0.1, 0.15) is 0 Å². The first-order chi connectivity index (χ1) is 6.50. The molecule has 78 valence electrons. The van der Waals surface area contributed by atoms with Gasteiger partial charge in [-0.1, -0.05) is 13.8 Å². The van der Waals surface area contributed by atoms with Crippen LogP contribution in [0.5, 0.6) is 0 Å². The zero-order valence-electron chi connectivity index (χ0n) is 9.09. The van der Waals surface area contributed by atoms with Crippen molar-refractivity contribution in [3.05, 3.63) is 21.4 Å². The van der Waals surface area contributed by atoms with Crippen LogP contribution in [0, 0.1) is 13.8 Å². The molecule has 0 bridgehead atoms. The summed E-state index contributed by atoms with van der Waals surface area (Å²) in [5, 5.41) is 0.527. The van der Waals surface area contributed by atoms with Gasteiger partial charge in [-0.3, -0.25) is 4.79 Å². The fraction of sp³-hybridized carbons (Fsp3) is 0.545. The normalized spacial score (nSPS) is 10.9. The van der Waals surface area contributed by atoms with Crippen molar-refractivity contribution < 1.29 is 4.79 Å². The number of rotatable bonds is 4. The van der Waals surface area contributed by atoms with Crippen LogP contribution in [0.3, 0.4) is 0 Å². The van der Waals surface area contributed by atoms with Gasteiger partial charge in [0.2, 0.25) is 0 Å². The lowest BCUT2D eigenvalue weighted by Crippen LogP contribution is -2.04. The van der Waals surface area contributed by atoms with Crippen LogP contribution >= 0.6 is 23.1 Å². The molecule has 0 aliphatic rings. The summed E-state index contributed by atoms with van der Waals surface area (Å²) >= 11 is 3.41. The third kappa shape index (κ3) is 3.14. The fourth-order valence-corrected chi connectivity index (χ4v) is 2.81. The monoisotopic (exact) mass is 228 g/mol. The Morgan fingerprint density at radius 3 is 2.57 bits per heavy atom. The van der Waals surface area contributed by atoms with Crippen molar-refractivity contribution in [1.29, 1.82) is 0 Å². The predicted octanol–water partition coefficient (Wildman–Crippen LogP) is 3.69. The van der Waals surface area contributed by atoms with Gasteiger partial charge in [-0.15, -0.1) is 11.3 Å². The van der Waals surface area contributed by atoms with Gasteiger partial charge in [0.15, 0.2) is 5.78 Å². The van der Waals surface area contributed by atoms with E-state index in [2.05, 4.69) is 13.8 Å². The van der Waals surface area contributed by atoms with Crippen LogP contribution in [0.1, 0.15) is 34.0 Å². The summed E-state index contributed by atoms with van der Waals surface area (Å²) < 4.78 is 0. The number of thiophene rings is 1. The van der Waals surface area contributed by atoms with Crippen molar-refractivity contribution >= 4 is 28.9 Å². The first kappa shape index (κ1) is 11.8. The molecule has 0 aliphatic heterocycles. The summed E-state index contributed by atoms with van der Waals surface area (Å²) in [5.74, 6) is 0.875. The highest BCUT2D eigenvalue weighted by atomic mass is 32.2. The van der Waals surface area contributed by atoms with Crippen molar-refractivity contribution in [1.82, 2.24) is 0 Å². The molecule has 14 heavy (non-hydrogen) atoms. The van der Waals surface area contributed by atoms with E-state index in [0.29, 0.717) is 11.0 Å². The third-order valence-corrected chi connectivity index (χ3v) is 3.95. The number of carbonyl (C=O) groups is 1. The summed E-state index contributed by atoms with van der Waals surface area (Å²) in [6.45, 7) is 8.29. The molecular formula is C11H16OS2. The molecule has 0 amide bonds. The Morgan fingerprint density at radius 1 is 1.50 bits per heavy atom. The smallest absolute Gasteiger partial charge is 0.173 e. The van der Waals surface area contributed by atoms with E-state index < -0.39 is 0 Å². The first-order valence-electron chi connectivity index (χ1n) is 4.72. The Labute approximate surface area is 93.9 Å². The van der Waals surface area contributed by atoms with E-state index in [1.807, 2.05) is 19.9 Å². The fourth-order valence-electron chi connectivity index (χ4n) is 1.23. The molecule has 0 radical (unpaired) electrons. The maximum Gasteiger partial charge on any atom is 0.173 e. The summed E-state index contributed by atoms with van der Waals surface area (Å²) in [6, 6.07) is 2.00. The highest BCUT2D eigenvalue weighted by Crippen LogP contribution is 2.22. The average molecular weight is 228 g/mol. The van der Waals surface area contributed by atoms with Gasteiger partial charge in [-0.25, -0.2) is 0 Å². The summed E-state index contributed by atoms with van der Waals surface area (Å²) in [6.07, 6.45) is 0. The molecule has 1 aromatic rings. The second-order valence-corrected chi connectivity index (χ2v) is 6.64. The largest absolute Gasteiger partial charge is 0.293 e. The molecular weight excluding hydrogens is 212 g/mol. The van der Waals surface area contributed by atoms with Gasteiger partial charge in [0.05, 0.1) is 5.75 Å².